The van der Waals surface area contributed by atoms with Crippen LogP contribution in [0.25, 0.3) is 0 Å². The Kier molecular flexibility index (Phi) is 3.22. The standard InChI is InChI=1S/C14H18N2O2/c1-14(6-5-11(17)8-12(14)15)10-4-2-3-9(7-10)13(16)18/h2-4,7,12H,5-6,8,15H2,1H3,(H2,16,18). The predicted octanol–water partition coefficient (Wildman–Crippen LogP) is 1.12. The average molecular weight is 246 g/mol. The van der Waals surface area contributed by atoms with Gasteiger partial charge in [-0.1, -0.05) is 19.1 Å². The highest BCUT2D eigenvalue weighted by Gasteiger charge is 2.38. The van der Waals surface area contributed by atoms with E-state index in [4.69, 9.17) is 11.5 Å². The number of Topliss-reactive ketones (excluding diaryl/α,β-unsaturated/α-hetero) is 1. The highest BCUT2D eigenvalue weighted by Crippen LogP contribution is 2.37. The minimum absolute atomic E-state index is 0.207. The molecule has 2 unspecified atom stereocenters. The number of nitrogens with two attached hydrogens (primary N) is 2. The van der Waals surface area contributed by atoms with E-state index < -0.39 is 5.91 Å². The predicted molar refractivity (Wildman–Crippen MR) is 69.1 cm³/mol. The summed E-state index contributed by atoms with van der Waals surface area (Å²) in [6.07, 6.45) is 1.66. The first kappa shape index (κ1) is 12.8. The summed E-state index contributed by atoms with van der Waals surface area (Å²) in [5.41, 5.74) is 12.6. The summed E-state index contributed by atoms with van der Waals surface area (Å²) in [6, 6.07) is 7.03. The van der Waals surface area contributed by atoms with Gasteiger partial charge < -0.3 is 11.5 Å². The van der Waals surface area contributed by atoms with Gasteiger partial charge in [-0.15, -0.1) is 0 Å². The molecule has 4 heteroatoms. The van der Waals surface area contributed by atoms with Gasteiger partial charge in [0.2, 0.25) is 5.91 Å². The fourth-order valence-electron chi connectivity index (χ4n) is 2.54. The lowest BCUT2D eigenvalue weighted by molar-refractivity contribution is -0.121. The quantitative estimate of drug-likeness (QED) is 0.820. The Morgan fingerprint density at radius 3 is 2.78 bits per heavy atom. The monoisotopic (exact) mass is 246 g/mol. The third-order valence-electron chi connectivity index (χ3n) is 4.00. The zero-order valence-electron chi connectivity index (χ0n) is 10.5. The fourth-order valence-corrected chi connectivity index (χ4v) is 2.54. The molecule has 1 amide bonds. The highest BCUT2D eigenvalue weighted by atomic mass is 16.1. The summed E-state index contributed by atoms with van der Waals surface area (Å²) < 4.78 is 0. The van der Waals surface area contributed by atoms with E-state index >= 15 is 0 Å². The largest absolute Gasteiger partial charge is 0.366 e. The number of benzene rings is 1. The maximum atomic E-state index is 11.4. The second kappa shape index (κ2) is 4.53. The fraction of sp³-hybridized carbons (Fsp3) is 0.429. The molecule has 4 nitrogen and oxygen atoms in total. The number of carbonyl (C=O) groups is 2. The number of amides is 1. The maximum Gasteiger partial charge on any atom is 0.248 e. The summed E-state index contributed by atoms with van der Waals surface area (Å²) in [5, 5.41) is 0. The van der Waals surface area contributed by atoms with E-state index in [0.29, 0.717) is 18.4 Å². The van der Waals surface area contributed by atoms with Gasteiger partial charge in [0.15, 0.2) is 0 Å². The summed E-state index contributed by atoms with van der Waals surface area (Å²) in [5.74, 6) is -0.230. The van der Waals surface area contributed by atoms with Gasteiger partial charge in [-0.3, -0.25) is 9.59 Å². The van der Waals surface area contributed by atoms with Crippen molar-refractivity contribution in [1.82, 2.24) is 0 Å². The van der Waals surface area contributed by atoms with Crippen LogP contribution in [0.1, 0.15) is 42.1 Å². The van der Waals surface area contributed by atoms with Crippen molar-refractivity contribution in [2.45, 2.75) is 37.6 Å². The van der Waals surface area contributed by atoms with Gasteiger partial charge in [-0.2, -0.15) is 0 Å². The van der Waals surface area contributed by atoms with Crippen LogP contribution in [0.2, 0.25) is 0 Å². The Balaban J connectivity index is 2.37. The molecule has 18 heavy (non-hydrogen) atoms. The Morgan fingerprint density at radius 1 is 1.44 bits per heavy atom. The molecule has 0 radical (unpaired) electrons. The molecule has 0 spiro atoms. The van der Waals surface area contributed by atoms with E-state index in [1.54, 1.807) is 12.1 Å². The van der Waals surface area contributed by atoms with Crippen molar-refractivity contribution in [2.75, 3.05) is 0 Å². The SMILES string of the molecule is CC1(c2cccc(C(N)=O)c2)CCC(=O)CC1N. The van der Waals surface area contributed by atoms with Crippen LogP contribution in [0.5, 0.6) is 0 Å². The number of ketones is 1. The van der Waals surface area contributed by atoms with Crippen LogP contribution < -0.4 is 11.5 Å². The number of primary amides is 1. The molecule has 2 rings (SSSR count). The van der Waals surface area contributed by atoms with E-state index in [2.05, 4.69) is 0 Å². The van der Waals surface area contributed by atoms with Crippen LogP contribution in [0.3, 0.4) is 0 Å². The molecule has 96 valence electrons. The number of carbonyl (C=O) groups excluding carboxylic acids is 2. The van der Waals surface area contributed by atoms with Gasteiger partial charge in [0.05, 0.1) is 0 Å². The van der Waals surface area contributed by atoms with Crippen LogP contribution >= 0.6 is 0 Å². The normalized spacial score (nSPS) is 28.1. The first-order chi connectivity index (χ1) is 8.43. The van der Waals surface area contributed by atoms with Gasteiger partial charge in [0, 0.05) is 29.9 Å². The first-order valence-corrected chi connectivity index (χ1v) is 6.11. The molecule has 2 atom stereocenters. The zero-order valence-corrected chi connectivity index (χ0v) is 10.5. The second-order valence-corrected chi connectivity index (χ2v) is 5.21. The molecule has 1 aliphatic carbocycles. The summed E-state index contributed by atoms with van der Waals surface area (Å²) in [6.45, 7) is 2.05. The topological polar surface area (TPSA) is 86.2 Å². The average Bonchev–Trinajstić information content (AvgIpc) is 2.34. The Labute approximate surface area is 106 Å². The second-order valence-electron chi connectivity index (χ2n) is 5.21. The van der Waals surface area contributed by atoms with E-state index in [9.17, 15) is 9.59 Å². The summed E-state index contributed by atoms with van der Waals surface area (Å²) in [4.78, 5) is 22.6. The summed E-state index contributed by atoms with van der Waals surface area (Å²) in [7, 11) is 0. The molecule has 0 aliphatic heterocycles. The molecule has 1 aromatic carbocycles. The molecular weight excluding hydrogens is 228 g/mol. The minimum atomic E-state index is -0.444. The molecule has 1 saturated carbocycles. The van der Waals surface area contributed by atoms with Crippen LogP contribution in [0, 0.1) is 0 Å². The van der Waals surface area contributed by atoms with Crippen LogP contribution in [-0.2, 0) is 10.2 Å². The Hall–Kier alpha value is -1.68. The minimum Gasteiger partial charge on any atom is -0.366 e. The van der Waals surface area contributed by atoms with E-state index in [1.165, 1.54) is 0 Å². The molecule has 1 aromatic rings. The lowest BCUT2D eigenvalue weighted by Gasteiger charge is -2.39. The lowest BCUT2D eigenvalue weighted by atomic mass is 9.67. The van der Waals surface area contributed by atoms with Gasteiger partial charge in [-0.25, -0.2) is 0 Å². The van der Waals surface area contributed by atoms with Crippen LogP contribution in [0.15, 0.2) is 24.3 Å². The molecule has 4 N–H and O–H groups in total. The molecule has 0 saturated heterocycles. The molecule has 0 bridgehead atoms. The van der Waals surface area contributed by atoms with Crippen LogP contribution in [-0.4, -0.2) is 17.7 Å². The molecular formula is C14H18N2O2. The van der Waals surface area contributed by atoms with Gasteiger partial charge >= 0.3 is 0 Å². The zero-order chi connectivity index (χ0) is 13.3. The number of hydrogen-bond donors (Lipinski definition) is 2. The summed E-state index contributed by atoms with van der Waals surface area (Å²) >= 11 is 0. The van der Waals surface area contributed by atoms with Gasteiger partial charge in [0.1, 0.15) is 5.78 Å². The van der Waals surface area contributed by atoms with E-state index in [1.807, 2.05) is 19.1 Å². The lowest BCUT2D eigenvalue weighted by Crippen LogP contribution is -2.48. The van der Waals surface area contributed by atoms with Crippen molar-refractivity contribution in [3.63, 3.8) is 0 Å². The Morgan fingerprint density at radius 2 is 2.17 bits per heavy atom. The molecule has 1 fully saturated rings. The third kappa shape index (κ3) is 2.16. The molecule has 1 aliphatic rings. The highest BCUT2D eigenvalue weighted by molar-refractivity contribution is 5.93. The van der Waals surface area contributed by atoms with Crippen molar-refractivity contribution in [2.24, 2.45) is 11.5 Å². The number of rotatable bonds is 2. The van der Waals surface area contributed by atoms with Crippen molar-refractivity contribution in [3.05, 3.63) is 35.4 Å². The third-order valence-corrected chi connectivity index (χ3v) is 4.00. The van der Waals surface area contributed by atoms with Gasteiger partial charge in [0.25, 0.3) is 0 Å². The number of hydrogen-bond acceptors (Lipinski definition) is 3. The smallest absolute Gasteiger partial charge is 0.248 e. The Bertz CT molecular complexity index is 498. The van der Waals surface area contributed by atoms with E-state index in [0.717, 1.165) is 12.0 Å². The maximum absolute atomic E-state index is 11.4. The van der Waals surface area contributed by atoms with Crippen molar-refractivity contribution >= 4 is 11.7 Å². The first-order valence-electron chi connectivity index (χ1n) is 6.11. The molecule has 0 heterocycles. The van der Waals surface area contributed by atoms with E-state index in [-0.39, 0.29) is 17.2 Å². The van der Waals surface area contributed by atoms with Gasteiger partial charge in [-0.05, 0) is 24.1 Å². The molecule has 0 aromatic heterocycles. The van der Waals surface area contributed by atoms with Crippen molar-refractivity contribution < 1.29 is 9.59 Å². The van der Waals surface area contributed by atoms with Crippen LogP contribution in [0.4, 0.5) is 0 Å². The van der Waals surface area contributed by atoms with Crippen molar-refractivity contribution in [3.8, 4) is 0 Å². The van der Waals surface area contributed by atoms with Crippen molar-refractivity contribution in [1.29, 1.82) is 0 Å².